The molecule has 0 aromatic heterocycles. The van der Waals surface area contributed by atoms with Gasteiger partial charge in [0.15, 0.2) is 0 Å². The Kier molecular flexibility index (Phi) is 6.72. The summed E-state index contributed by atoms with van der Waals surface area (Å²) in [5.41, 5.74) is 0.378. The van der Waals surface area contributed by atoms with Crippen molar-refractivity contribution in [3.63, 3.8) is 0 Å². The van der Waals surface area contributed by atoms with Gasteiger partial charge in [0.05, 0.1) is 10.6 Å². The van der Waals surface area contributed by atoms with Gasteiger partial charge < -0.3 is 10.2 Å². The first-order valence-electron chi connectivity index (χ1n) is 6.60. The van der Waals surface area contributed by atoms with Crippen LogP contribution in [0, 0.1) is 5.82 Å². The van der Waals surface area contributed by atoms with Gasteiger partial charge in [0.25, 0.3) is 5.91 Å². The summed E-state index contributed by atoms with van der Waals surface area (Å²) in [6.45, 7) is 4.47. The van der Waals surface area contributed by atoms with E-state index in [4.69, 9.17) is 11.6 Å². The molecule has 1 aliphatic rings. The predicted octanol–water partition coefficient (Wildman–Crippen LogP) is 3.12. The first kappa shape index (κ1) is 17.2. The molecule has 1 aromatic carbocycles. The number of rotatable bonds is 4. The van der Waals surface area contributed by atoms with Gasteiger partial charge in [0, 0.05) is 19.1 Å². The van der Waals surface area contributed by atoms with Crippen molar-refractivity contribution in [1.29, 1.82) is 0 Å². The normalized spacial score (nSPS) is 17.6. The minimum Gasteiger partial charge on any atom is -0.334 e. The molecule has 3 nitrogen and oxygen atoms in total. The fraction of sp³-hybridized carbons (Fsp3) is 0.500. The van der Waals surface area contributed by atoms with Gasteiger partial charge in [0.1, 0.15) is 5.82 Å². The Morgan fingerprint density at radius 2 is 2.30 bits per heavy atom. The molecule has 0 aliphatic carbocycles. The van der Waals surface area contributed by atoms with Crippen molar-refractivity contribution in [1.82, 2.24) is 10.2 Å². The van der Waals surface area contributed by atoms with Gasteiger partial charge in [-0.25, -0.2) is 4.39 Å². The van der Waals surface area contributed by atoms with Crippen molar-refractivity contribution in [2.75, 3.05) is 19.6 Å². The molecule has 1 aliphatic heterocycles. The number of benzene rings is 1. The zero-order valence-corrected chi connectivity index (χ0v) is 12.9. The van der Waals surface area contributed by atoms with Crippen molar-refractivity contribution in [3.8, 4) is 0 Å². The molecule has 1 atom stereocenters. The second kappa shape index (κ2) is 7.81. The number of hydrogen-bond donors (Lipinski definition) is 1. The number of amides is 1. The Labute approximate surface area is 129 Å². The van der Waals surface area contributed by atoms with E-state index in [1.807, 2.05) is 11.8 Å². The molecule has 2 rings (SSSR count). The highest BCUT2D eigenvalue weighted by Crippen LogP contribution is 2.21. The summed E-state index contributed by atoms with van der Waals surface area (Å²) in [4.78, 5) is 14.4. The minimum absolute atomic E-state index is 0. The van der Waals surface area contributed by atoms with Crippen LogP contribution in [-0.2, 0) is 0 Å². The minimum atomic E-state index is -0.425. The molecule has 1 fully saturated rings. The summed E-state index contributed by atoms with van der Waals surface area (Å²) in [6.07, 6.45) is 1.84. The van der Waals surface area contributed by atoms with Crippen molar-refractivity contribution < 1.29 is 9.18 Å². The maximum absolute atomic E-state index is 13.0. The number of nitrogens with one attached hydrogen (secondary N) is 1. The van der Waals surface area contributed by atoms with Gasteiger partial charge in [-0.3, -0.25) is 4.79 Å². The maximum Gasteiger partial charge on any atom is 0.255 e. The highest BCUT2D eigenvalue weighted by molar-refractivity contribution is 6.33. The molecule has 0 saturated carbocycles. The average molecular weight is 321 g/mol. The van der Waals surface area contributed by atoms with Gasteiger partial charge in [-0.2, -0.15) is 0 Å². The Balaban J connectivity index is 0.00000200. The summed E-state index contributed by atoms with van der Waals surface area (Å²) in [7, 11) is 0. The second-order valence-electron chi connectivity index (χ2n) is 4.77. The summed E-state index contributed by atoms with van der Waals surface area (Å²) >= 11 is 5.97. The third kappa shape index (κ3) is 3.84. The van der Waals surface area contributed by atoms with Gasteiger partial charge >= 0.3 is 0 Å². The summed E-state index contributed by atoms with van der Waals surface area (Å²) in [5, 5.41) is 3.43. The Morgan fingerprint density at radius 3 is 2.85 bits per heavy atom. The molecule has 1 unspecified atom stereocenters. The third-order valence-corrected chi connectivity index (χ3v) is 3.67. The lowest BCUT2D eigenvalue weighted by atomic mass is 10.1. The standard InChI is InChI=1S/C14H18ClFN2O.ClH/c1-2-7-18(11-5-6-17-9-11)14(19)12-4-3-10(16)8-13(12)15;/h3-4,8,11,17H,2,5-7,9H2,1H3;1H. The van der Waals surface area contributed by atoms with Crippen LogP contribution >= 0.6 is 24.0 Å². The van der Waals surface area contributed by atoms with Crippen LogP contribution in [-0.4, -0.2) is 36.5 Å². The van der Waals surface area contributed by atoms with Crippen LogP contribution in [0.2, 0.25) is 5.02 Å². The first-order valence-corrected chi connectivity index (χ1v) is 6.98. The molecule has 1 saturated heterocycles. The number of nitrogens with zero attached hydrogens (tertiary/aromatic N) is 1. The number of hydrogen-bond acceptors (Lipinski definition) is 2. The Hall–Kier alpha value is -0.840. The van der Waals surface area contributed by atoms with Gasteiger partial charge in [-0.15, -0.1) is 12.4 Å². The van der Waals surface area contributed by atoms with E-state index in [2.05, 4.69) is 5.32 Å². The fourth-order valence-electron chi connectivity index (χ4n) is 2.41. The van der Waals surface area contributed by atoms with Crippen molar-refractivity contribution in [2.24, 2.45) is 0 Å². The largest absolute Gasteiger partial charge is 0.334 e. The molecule has 1 heterocycles. The molecule has 6 heteroatoms. The molecule has 1 N–H and O–H groups in total. The first-order chi connectivity index (χ1) is 9.13. The molecule has 0 radical (unpaired) electrons. The number of halogens is 3. The summed E-state index contributed by atoms with van der Waals surface area (Å²) < 4.78 is 13.0. The van der Waals surface area contributed by atoms with E-state index in [1.165, 1.54) is 18.2 Å². The third-order valence-electron chi connectivity index (χ3n) is 3.36. The van der Waals surface area contributed by atoms with Crippen molar-refractivity contribution >= 4 is 29.9 Å². The predicted molar refractivity (Wildman–Crippen MR) is 81.3 cm³/mol. The van der Waals surface area contributed by atoms with Gasteiger partial charge in [-0.05, 0) is 37.6 Å². The van der Waals surface area contributed by atoms with E-state index < -0.39 is 5.82 Å². The van der Waals surface area contributed by atoms with Crippen LogP contribution in [0.15, 0.2) is 18.2 Å². The highest BCUT2D eigenvalue weighted by atomic mass is 35.5. The molecule has 20 heavy (non-hydrogen) atoms. The van der Waals surface area contributed by atoms with Crippen LogP contribution in [0.1, 0.15) is 30.1 Å². The SMILES string of the molecule is CCCN(C(=O)c1ccc(F)cc1Cl)C1CCNC1.Cl. The van der Waals surface area contributed by atoms with Crippen LogP contribution < -0.4 is 5.32 Å². The second-order valence-corrected chi connectivity index (χ2v) is 5.18. The van der Waals surface area contributed by atoms with Crippen LogP contribution in [0.5, 0.6) is 0 Å². The summed E-state index contributed by atoms with van der Waals surface area (Å²) in [5.74, 6) is -0.535. The van der Waals surface area contributed by atoms with Crippen molar-refractivity contribution in [2.45, 2.75) is 25.8 Å². The molecule has 1 aromatic rings. The monoisotopic (exact) mass is 320 g/mol. The quantitative estimate of drug-likeness (QED) is 0.924. The van der Waals surface area contributed by atoms with E-state index in [0.717, 1.165) is 25.9 Å². The van der Waals surface area contributed by atoms with Crippen molar-refractivity contribution in [3.05, 3.63) is 34.6 Å². The summed E-state index contributed by atoms with van der Waals surface area (Å²) in [6, 6.07) is 4.13. The number of carbonyl (C=O) groups excluding carboxylic acids is 1. The topological polar surface area (TPSA) is 32.3 Å². The lowest BCUT2D eigenvalue weighted by Crippen LogP contribution is -2.42. The fourth-order valence-corrected chi connectivity index (χ4v) is 2.66. The Morgan fingerprint density at radius 1 is 1.55 bits per heavy atom. The molecule has 112 valence electrons. The average Bonchev–Trinajstić information content (AvgIpc) is 2.89. The van der Waals surface area contributed by atoms with Gasteiger partial charge in [-0.1, -0.05) is 18.5 Å². The van der Waals surface area contributed by atoms with E-state index >= 15 is 0 Å². The van der Waals surface area contributed by atoms with Crippen LogP contribution in [0.4, 0.5) is 4.39 Å². The molecule has 0 bridgehead atoms. The zero-order valence-electron chi connectivity index (χ0n) is 11.4. The zero-order chi connectivity index (χ0) is 13.8. The number of carbonyl (C=O) groups is 1. The lowest BCUT2D eigenvalue weighted by Gasteiger charge is -2.28. The van der Waals surface area contributed by atoms with E-state index in [0.29, 0.717) is 12.1 Å². The molecule has 0 spiro atoms. The molecular weight excluding hydrogens is 302 g/mol. The van der Waals surface area contributed by atoms with Crippen LogP contribution in [0.3, 0.4) is 0 Å². The molecule has 1 amide bonds. The lowest BCUT2D eigenvalue weighted by molar-refractivity contribution is 0.0692. The molecular formula is C14H19Cl2FN2O. The highest BCUT2D eigenvalue weighted by Gasteiger charge is 2.27. The van der Waals surface area contributed by atoms with Gasteiger partial charge in [0.2, 0.25) is 0 Å². The Bertz CT molecular complexity index is 464. The maximum atomic E-state index is 13.0. The van der Waals surface area contributed by atoms with Crippen LogP contribution in [0.25, 0.3) is 0 Å². The van der Waals surface area contributed by atoms with E-state index in [1.54, 1.807) is 0 Å². The smallest absolute Gasteiger partial charge is 0.255 e. The van der Waals surface area contributed by atoms with E-state index in [-0.39, 0.29) is 29.4 Å². The van der Waals surface area contributed by atoms with E-state index in [9.17, 15) is 9.18 Å².